The molecule has 2 rings (SSSR count). The number of nitrogens with zero attached hydrogens (tertiary/aromatic N) is 1. The molecule has 0 aliphatic heterocycles. The first-order valence-electron chi connectivity index (χ1n) is 5.42. The van der Waals surface area contributed by atoms with Crippen LogP contribution in [0, 0.1) is 17.5 Å². The van der Waals surface area contributed by atoms with Gasteiger partial charge in [0.2, 0.25) is 0 Å². The minimum absolute atomic E-state index is 0.0599. The summed E-state index contributed by atoms with van der Waals surface area (Å²) in [5.41, 5.74) is 0.575. The molecule has 0 atom stereocenters. The van der Waals surface area contributed by atoms with Gasteiger partial charge in [0.05, 0.1) is 0 Å². The normalized spacial score (nSPS) is 10.9. The maximum atomic E-state index is 13.2. The Morgan fingerprint density at radius 2 is 1.63 bits per heavy atom. The van der Waals surface area contributed by atoms with E-state index in [1.165, 1.54) is 24.3 Å². The van der Waals surface area contributed by atoms with Crippen molar-refractivity contribution in [3.05, 3.63) is 71.0 Å². The summed E-state index contributed by atoms with van der Waals surface area (Å²) in [6, 6.07) is 8.50. The third kappa shape index (κ3) is 3.84. The van der Waals surface area contributed by atoms with Crippen molar-refractivity contribution in [3.63, 3.8) is 0 Å². The van der Waals surface area contributed by atoms with Crippen LogP contribution in [0.15, 0.2) is 47.6 Å². The fourth-order valence-corrected chi connectivity index (χ4v) is 1.37. The van der Waals surface area contributed by atoms with E-state index in [9.17, 15) is 13.2 Å². The first kappa shape index (κ1) is 13.1. The standard InChI is InChI=1S/C14H9F3NO/c15-12-3-1-10(2-4-12)8-18-19-9-11-7-13(16)5-6-14(11)17/h1-7H,9H2. The zero-order valence-corrected chi connectivity index (χ0v) is 9.74. The lowest BCUT2D eigenvalue weighted by Crippen LogP contribution is -1.94. The first-order chi connectivity index (χ1) is 9.15. The van der Waals surface area contributed by atoms with E-state index in [-0.39, 0.29) is 18.0 Å². The predicted octanol–water partition coefficient (Wildman–Crippen LogP) is 3.53. The summed E-state index contributed by atoms with van der Waals surface area (Å²) in [7, 11) is 0. The predicted molar refractivity (Wildman–Crippen MR) is 64.1 cm³/mol. The molecule has 0 bridgehead atoms. The molecule has 5 heteroatoms. The van der Waals surface area contributed by atoms with Crippen LogP contribution in [0.2, 0.25) is 0 Å². The zero-order chi connectivity index (χ0) is 13.7. The van der Waals surface area contributed by atoms with E-state index in [1.54, 1.807) is 0 Å². The molecule has 19 heavy (non-hydrogen) atoms. The van der Waals surface area contributed by atoms with Gasteiger partial charge in [-0.05, 0) is 42.5 Å². The molecule has 0 saturated heterocycles. The average Bonchev–Trinajstić information content (AvgIpc) is 2.40. The van der Waals surface area contributed by atoms with E-state index >= 15 is 0 Å². The summed E-state index contributed by atoms with van der Waals surface area (Å²) in [6.45, 7) is -0.211. The Morgan fingerprint density at radius 3 is 2.37 bits per heavy atom. The molecule has 0 unspecified atom stereocenters. The van der Waals surface area contributed by atoms with Crippen LogP contribution in [0.5, 0.6) is 0 Å². The lowest BCUT2D eigenvalue weighted by Gasteiger charge is -2.01. The van der Waals surface area contributed by atoms with Gasteiger partial charge in [0.15, 0.2) is 0 Å². The van der Waals surface area contributed by atoms with E-state index < -0.39 is 11.6 Å². The second-order valence-electron chi connectivity index (χ2n) is 3.72. The van der Waals surface area contributed by atoms with E-state index in [0.29, 0.717) is 5.56 Å². The van der Waals surface area contributed by atoms with Gasteiger partial charge in [-0.15, -0.1) is 0 Å². The Balaban J connectivity index is 1.92. The van der Waals surface area contributed by atoms with Crippen LogP contribution in [0.4, 0.5) is 13.2 Å². The van der Waals surface area contributed by atoms with Gasteiger partial charge < -0.3 is 4.84 Å². The minimum Gasteiger partial charge on any atom is -0.390 e. The van der Waals surface area contributed by atoms with Crippen molar-refractivity contribution in [2.45, 2.75) is 6.61 Å². The van der Waals surface area contributed by atoms with Gasteiger partial charge >= 0.3 is 0 Å². The average molecular weight is 264 g/mol. The zero-order valence-electron chi connectivity index (χ0n) is 9.74. The maximum absolute atomic E-state index is 13.2. The molecule has 0 spiro atoms. The summed E-state index contributed by atoms with van der Waals surface area (Å²) in [5.74, 6) is -1.49. The van der Waals surface area contributed by atoms with Crippen molar-refractivity contribution < 1.29 is 18.0 Å². The van der Waals surface area contributed by atoms with Crippen molar-refractivity contribution in [2.75, 3.05) is 0 Å². The number of hydrogen-bond donors (Lipinski definition) is 0. The monoisotopic (exact) mass is 264 g/mol. The van der Waals surface area contributed by atoms with Crippen LogP contribution in [0.25, 0.3) is 0 Å². The van der Waals surface area contributed by atoms with Gasteiger partial charge in [-0.1, -0.05) is 5.16 Å². The highest BCUT2D eigenvalue weighted by atomic mass is 19.1. The largest absolute Gasteiger partial charge is 0.390 e. The Bertz CT molecular complexity index is 582. The highest BCUT2D eigenvalue weighted by Gasteiger charge is 2.03. The number of benzene rings is 2. The van der Waals surface area contributed by atoms with E-state index in [0.717, 1.165) is 18.2 Å². The van der Waals surface area contributed by atoms with Crippen molar-refractivity contribution in [1.82, 2.24) is 0 Å². The number of halogens is 3. The lowest BCUT2D eigenvalue weighted by atomic mass is 10.2. The summed E-state index contributed by atoms with van der Waals surface area (Å²) in [5, 5.41) is 3.48. The van der Waals surface area contributed by atoms with Gasteiger partial charge in [0.25, 0.3) is 0 Å². The van der Waals surface area contributed by atoms with E-state index in [4.69, 9.17) is 4.84 Å². The molecule has 2 aromatic rings. The van der Waals surface area contributed by atoms with Crippen LogP contribution in [-0.2, 0) is 11.4 Å². The molecule has 97 valence electrons. The SMILES string of the molecule is Fc1ccc(/[C]=N\OCc2cc(F)ccc2F)cc1. The van der Waals surface area contributed by atoms with Crippen molar-refractivity contribution in [1.29, 1.82) is 0 Å². The van der Waals surface area contributed by atoms with Crippen LogP contribution in [-0.4, -0.2) is 6.21 Å². The molecule has 2 aromatic carbocycles. The molecule has 0 amide bonds. The summed E-state index contributed by atoms with van der Waals surface area (Å²) in [4.78, 5) is 4.80. The van der Waals surface area contributed by atoms with Gasteiger partial charge in [-0.25, -0.2) is 13.2 Å². The molecule has 0 aliphatic rings. The van der Waals surface area contributed by atoms with Gasteiger partial charge in [0, 0.05) is 11.1 Å². The van der Waals surface area contributed by atoms with Gasteiger partial charge in [0.1, 0.15) is 30.3 Å². The van der Waals surface area contributed by atoms with Crippen LogP contribution < -0.4 is 0 Å². The molecule has 0 N–H and O–H groups in total. The summed E-state index contributed by atoms with van der Waals surface area (Å²) < 4.78 is 38.7. The van der Waals surface area contributed by atoms with Gasteiger partial charge in [-0.2, -0.15) is 0 Å². The highest BCUT2D eigenvalue weighted by Crippen LogP contribution is 2.10. The van der Waals surface area contributed by atoms with Crippen molar-refractivity contribution in [3.8, 4) is 0 Å². The van der Waals surface area contributed by atoms with Crippen LogP contribution >= 0.6 is 0 Å². The fourth-order valence-electron chi connectivity index (χ4n) is 1.37. The minimum atomic E-state index is -0.571. The highest BCUT2D eigenvalue weighted by molar-refractivity contribution is 5.78. The Hall–Kier alpha value is -2.30. The number of hydrogen-bond acceptors (Lipinski definition) is 2. The van der Waals surface area contributed by atoms with Crippen molar-refractivity contribution >= 4 is 6.21 Å². The van der Waals surface area contributed by atoms with E-state index in [1.807, 2.05) is 0 Å². The third-order valence-corrected chi connectivity index (χ3v) is 2.31. The molecule has 0 heterocycles. The maximum Gasteiger partial charge on any atom is 0.145 e. The fraction of sp³-hybridized carbons (Fsp3) is 0.0714. The summed E-state index contributed by atoms with van der Waals surface area (Å²) in [6.07, 6.45) is 2.50. The lowest BCUT2D eigenvalue weighted by molar-refractivity contribution is 0.129. The van der Waals surface area contributed by atoms with E-state index in [2.05, 4.69) is 11.4 Å². The second-order valence-corrected chi connectivity index (χ2v) is 3.72. The quantitative estimate of drug-likeness (QED) is 0.611. The molecule has 0 aliphatic carbocycles. The molecular weight excluding hydrogens is 255 g/mol. The number of rotatable bonds is 4. The second kappa shape index (κ2) is 6.04. The molecule has 1 radical (unpaired) electrons. The Morgan fingerprint density at radius 1 is 0.947 bits per heavy atom. The van der Waals surface area contributed by atoms with Crippen molar-refractivity contribution in [2.24, 2.45) is 5.16 Å². The first-order valence-corrected chi connectivity index (χ1v) is 5.42. The van der Waals surface area contributed by atoms with Gasteiger partial charge in [-0.3, -0.25) is 0 Å². The molecule has 0 fully saturated rings. The molecule has 0 saturated carbocycles. The third-order valence-electron chi connectivity index (χ3n) is 2.31. The Kier molecular flexibility index (Phi) is 4.18. The van der Waals surface area contributed by atoms with Crippen LogP contribution in [0.1, 0.15) is 11.1 Å². The molecule has 2 nitrogen and oxygen atoms in total. The Labute approximate surface area is 108 Å². The smallest absolute Gasteiger partial charge is 0.145 e. The van der Waals surface area contributed by atoms with Crippen LogP contribution in [0.3, 0.4) is 0 Å². The summed E-state index contributed by atoms with van der Waals surface area (Å²) >= 11 is 0. The topological polar surface area (TPSA) is 21.6 Å². The molecule has 0 aromatic heterocycles. The molecular formula is C14H9F3NO.